The largest absolute Gasteiger partial charge is 0.370 e. The van der Waals surface area contributed by atoms with Crippen molar-refractivity contribution in [1.29, 1.82) is 0 Å². The lowest BCUT2D eigenvalue weighted by atomic mass is 10.2. The van der Waals surface area contributed by atoms with E-state index in [-0.39, 0.29) is 0 Å². The number of aliphatic imine (C=N–C) groups is 1. The normalized spacial score (nSPS) is 11.3. The van der Waals surface area contributed by atoms with Crippen molar-refractivity contribution in [1.82, 2.24) is 10.3 Å². The van der Waals surface area contributed by atoms with Crippen LogP contribution in [0.1, 0.15) is 12.6 Å². The Morgan fingerprint density at radius 1 is 1.40 bits per heavy atom. The number of hydrogen-bond acceptors (Lipinski definition) is 3. The summed E-state index contributed by atoms with van der Waals surface area (Å²) in [7, 11) is 0. The maximum atomic E-state index is 5.76. The van der Waals surface area contributed by atoms with Gasteiger partial charge in [0.2, 0.25) is 0 Å². The highest BCUT2D eigenvalue weighted by Gasteiger charge is 2.03. The first kappa shape index (κ1) is 14.3. The van der Waals surface area contributed by atoms with Crippen molar-refractivity contribution in [2.75, 3.05) is 6.54 Å². The van der Waals surface area contributed by atoms with Gasteiger partial charge in [-0.1, -0.05) is 42.5 Å². The van der Waals surface area contributed by atoms with Crippen LogP contribution in [0.5, 0.6) is 0 Å². The van der Waals surface area contributed by atoms with Crippen LogP contribution in [-0.4, -0.2) is 17.5 Å². The number of aromatic nitrogens is 1. The summed E-state index contributed by atoms with van der Waals surface area (Å²) in [5.41, 5.74) is 8.83. The van der Waals surface area contributed by atoms with Crippen molar-refractivity contribution in [3.63, 3.8) is 0 Å². The monoisotopic (exact) mass is 286 g/mol. The Bertz CT molecular complexity index is 601. The van der Waals surface area contributed by atoms with Crippen LogP contribution in [0.25, 0.3) is 10.6 Å². The molecule has 0 atom stereocenters. The third-order valence-corrected chi connectivity index (χ3v) is 3.50. The highest BCUT2D eigenvalue weighted by Crippen LogP contribution is 2.23. The van der Waals surface area contributed by atoms with Gasteiger partial charge >= 0.3 is 0 Å². The van der Waals surface area contributed by atoms with Gasteiger partial charge in [0, 0.05) is 17.5 Å². The highest BCUT2D eigenvalue weighted by molar-refractivity contribution is 7.13. The summed E-state index contributed by atoms with van der Waals surface area (Å²) in [4.78, 5) is 8.82. The molecule has 2 rings (SSSR count). The molecule has 0 saturated carbocycles. The van der Waals surface area contributed by atoms with E-state index in [1.54, 1.807) is 11.3 Å². The molecule has 0 bridgehead atoms. The van der Waals surface area contributed by atoms with Gasteiger partial charge < -0.3 is 11.1 Å². The zero-order valence-electron chi connectivity index (χ0n) is 11.5. The molecular weight excluding hydrogens is 268 g/mol. The second-order valence-electron chi connectivity index (χ2n) is 4.52. The molecule has 0 amide bonds. The SMILES string of the molecule is C=C(C)CNC(N)=NCc1csc(-c2ccccc2)n1. The second-order valence-corrected chi connectivity index (χ2v) is 5.38. The van der Waals surface area contributed by atoms with E-state index >= 15 is 0 Å². The summed E-state index contributed by atoms with van der Waals surface area (Å²) in [5, 5.41) is 6.01. The van der Waals surface area contributed by atoms with E-state index in [2.05, 4.69) is 34.0 Å². The molecule has 0 fully saturated rings. The van der Waals surface area contributed by atoms with Crippen molar-refractivity contribution in [2.24, 2.45) is 10.7 Å². The van der Waals surface area contributed by atoms with Crippen LogP contribution in [0.3, 0.4) is 0 Å². The molecule has 0 radical (unpaired) electrons. The van der Waals surface area contributed by atoms with Crippen LogP contribution in [0, 0.1) is 0 Å². The average Bonchev–Trinajstić information content (AvgIpc) is 2.93. The van der Waals surface area contributed by atoms with Gasteiger partial charge in [-0.05, 0) is 6.92 Å². The molecule has 3 N–H and O–H groups in total. The average molecular weight is 286 g/mol. The Labute approximate surface area is 123 Å². The summed E-state index contributed by atoms with van der Waals surface area (Å²) >= 11 is 1.62. The molecule has 20 heavy (non-hydrogen) atoms. The lowest BCUT2D eigenvalue weighted by molar-refractivity contribution is 0.928. The van der Waals surface area contributed by atoms with Crippen LogP contribution in [0.15, 0.2) is 52.9 Å². The van der Waals surface area contributed by atoms with Gasteiger partial charge in [-0.2, -0.15) is 0 Å². The Morgan fingerprint density at radius 3 is 2.85 bits per heavy atom. The minimum Gasteiger partial charge on any atom is -0.370 e. The molecule has 1 aromatic carbocycles. The van der Waals surface area contributed by atoms with Crippen LogP contribution in [-0.2, 0) is 6.54 Å². The molecule has 4 nitrogen and oxygen atoms in total. The molecule has 0 aliphatic rings. The zero-order chi connectivity index (χ0) is 14.4. The molecule has 0 aliphatic heterocycles. The molecule has 104 valence electrons. The third kappa shape index (κ3) is 4.20. The molecule has 2 aromatic rings. The van der Waals surface area contributed by atoms with Crippen LogP contribution < -0.4 is 11.1 Å². The number of rotatable bonds is 5. The summed E-state index contributed by atoms with van der Waals surface area (Å²) in [6.45, 7) is 6.86. The number of nitrogens with one attached hydrogen (secondary N) is 1. The van der Waals surface area contributed by atoms with Gasteiger partial charge in [-0.25, -0.2) is 9.98 Å². The second kappa shape index (κ2) is 6.86. The molecule has 1 aromatic heterocycles. The minimum atomic E-state index is 0.419. The van der Waals surface area contributed by atoms with Gasteiger partial charge in [0.25, 0.3) is 0 Å². The molecule has 1 heterocycles. The Kier molecular flexibility index (Phi) is 4.90. The fourth-order valence-corrected chi connectivity index (χ4v) is 2.37. The summed E-state index contributed by atoms with van der Waals surface area (Å²) in [6, 6.07) is 10.1. The van der Waals surface area contributed by atoms with Gasteiger partial charge in [0.1, 0.15) is 5.01 Å². The van der Waals surface area contributed by atoms with Crippen molar-refractivity contribution in [2.45, 2.75) is 13.5 Å². The molecule has 0 spiro atoms. The van der Waals surface area contributed by atoms with Crippen molar-refractivity contribution in [3.8, 4) is 10.6 Å². The molecule has 0 aliphatic carbocycles. The van der Waals surface area contributed by atoms with Crippen LogP contribution in [0.2, 0.25) is 0 Å². The zero-order valence-corrected chi connectivity index (χ0v) is 12.3. The van der Waals surface area contributed by atoms with Gasteiger partial charge in [-0.3, -0.25) is 0 Å². The maximum absolute atomic E-state index is 5.76. The predicted molar refractivity (Wildman–Crippen MR) is 85.7 cm³/mol. The van der Waals surface area contributed by atoms with E-state index in [0.29, 0.717) is 19.0 Å². The predicted octanol–water partition coefficient (Wildman–Crippen LogP) is 2.79. The lowest BCUT2D eigenvalue weighted by Gasteiger charge is -2.03. The van der Waals surface area contributed by atoms with Gasteiger partial charge in [0.05, 0.1) is 12.2 Å². The van der Waals surface area contributed by atoms with E-state index in [0.717, 1.165) is 21.8 Å². The summed E-state index contributed by atoms with van der Waals surface area (Å²) < 4.78 is 0. The Morgan fingerprint density at radius 2 is 2.15 bits per heavy atom. The Balaban J connectivity index is 1.96. The quantitative estimate of drug-likeness (QED) is 0.505. The fraction of sp³-hybridized carbons (Fsp3) is 0.200. The number of hydrogen-bond donors (Lipinski definition) is 2. The van der Waals surface area contributed by atoms with Crippen LogP contribution >= 0.6 is 11.3 Å². The molecule has 5 heteroatoms. The van der Waals surface area contributed by atoms with E-state index in [4.69, 9.17) is 5.73 Å². The van der Waals surface area contributed by atoms with Crippen molar-refractivity contribution >= 4 is 17.3 Å². The Hall–Kier alpha value is -2.14. The lowest BCUT2D eigenvalue weighted by Crippen LogP contribution is -2.32. The van der Waals surface area contributed by atoms with Crippen LogP contribution in [0.4, 0.5) is 0 Å². The third-order valence-electron chi connectivity index (χ3n) is 2.56. The highest BCUT2D eigenvalue weighted by atomic mass is 32.1. The van der Waals surface area contributed by atoms with Crippen molar-refractivity contribution < 1.29 is 0 Å². The van der Waals surface area contributed by atoms with E-state index in [1.807, 2.05) is 30.5 Å². The molecular formula is C15H18N4S. The molecule has 0 saturated heterocycles. The first-order chi connectivity index (χ1) is 9.65. The number of thiazole rings is 1. The summed E-state index contributed by atoms with van der Waals surface area (Å²) in [6.07, 6.45) is 0. The number of benzene rings is 1. The van der Waals surface area contributed by atoms with Crippen molar-refractivity contribution in [3.05, 3.63) is 53.6 Å². The number of guanidine groups is 1. The minimum absolute atomic E-state index is 0.419. The first-order valence-corrected chi connectivity index (χ1v) is 7.21. The van der Waals surface area contributed by atoms with Gasteiger partial charge in [-0.15, -0.1) is 11.3 Å². The molecule has 0 unspecified atom stereocenters. The fourth-order valence-electron chi connectivity index (χ4n) is 1.56. The standard InChI is InChI=1S/C15H18N4S/c1-11(2)8-17-15(16)18-9-13-10-20-14(19-13)12-6-4-3-5-7-12/h3-7,10H,1,8-9H2,2H3,(H3,16,17,18). The summed E-state index contributed by atoms with van der Waals surface area (Å²) in [5.74, 6) is 0.419. The smallest absolute Gasteiger partial charge is 0.189 e. The van der Waals surface area contributed by atoms with E-state index in [1.165, 1.54) is 0 Å². The van der Waals surface area contributed by atoms with E-state index in [9.17, 15) is 0 Å². The topological polar surface area (TPSA) is 63.3 Å². The van der Waals surface area contributed by atoms with E-state index < -0.39 is 0 Å². The number of nitrogens with zero attached hydrogens (tertiary/aromatic N) is 2. The van der Waals surface area contributed by atoms with Gasteiger partial charge in [0.15, 0.2) is 5.96 Å². The maximum Gasteiger partial charge on any atom is 0.189 e. The number of nitrogens with two attached hydrogens (primary N) is 1. The first-order valence-electron chi connectivity index (χ1n) is 6.33.